The zero-order chi connectivity index (χ0) is 18.0. The summed E-state index contributed by atoms with van der Waals surface area (Å²) >= 11 is 0. The van der Waals surface area contributed by atoms with Gasteiger partial charge in [0, 0.05) is 44.5 Å². The predicted molar refractivity (Wildman–Crippen MR) is 99.3 cm³/mol. The van der Waals surface area contributed by atoms with E-state index in [1.807, 2.05) is 23.1 Å². The van der Waals surface area contributed by atoms with Crippen LogP contribution in [0.4, 0.5) is 0 Å². The van der Waals surface area contributed by atoms with Crippen molar-refractivity contribution in [3.8, 4) is 0 Å². The lowest BCUT2D eigenvalue weighted by Gasteiger charge is -2.42. The highest BCUT2D eigenvalue weighted by Gasteiger charge is 2.49. The molecule has 3 aliphatic rings. The van der Waals surface area contributed by atoms with Crippen LogP contribution in [-0.2, 0) is 16.0 Å². The molecule has 0 bridgehead atoms. The Kier molecular flexibility index (Phi) is 4.96. The van der Waals surface area contributed by atoms with Gasteiger partial charge in [-0.05, 0) is 56.6 Å². The van der Waals surface area contributed by atoms with Gasteiger partial charge in [-0.15, -0.1) is 0 Å². The summed E-state index contributed by atoms with van der Waals surface area (Å²) in [5.74, 6) is 1.19. The van der Waals surface area contributed by atoms with E-state index in [1.165, 1.54) is 19.3 Å². The van der Waals surface area contributed by atoms with E-state index in [0.29, 0.717) is 31.2 Å². The zero-order valence-corrected chi connectivity index (χ0v) is 15.5. The number of hydrogen-bond donors (Lipinski definition) is 0. The number of carbonyl (C=O) groups excluding carboxylic acids is 2. The van der Waals surface area contributed by atoms with E-state index in [1.54, 1.807) is 6.20 Å². The molecule has 2 saturated heterocycles. The van der Waals surface area contributed by atoms with Gasteiger partial charge >= 0.3 is 0 Å². The van der Waals surface area contributed by atoms with Gasteiger partial charge in [-0.3, -0.25) is 14.6 Å². The van der Waals surface area contributed by atoms with E-state index >= 15 is 0 Å². The van der Waals surface area contributed by atoms with E-state index < -0.39 is 0 Å². The van der Waals surface area contributed by atoms with Crippen LogP contribution in [0.25, 0.3) is 0 Å². The summed E-state index contributed by atoms with van der Waals surface area (Å²) in [5, 5.41) is 0. The third kappa shape index (κ3) is 3.49. The molecule has 0 radical (unpaired) electrons. The van der Waals surface area contributed by atoms with Crippen LogP contribution in [0.1, 0.15) is 50.6 Å². The topological polar surface area (TPSA) is 53.5 Å². The van der Waals surface area contributed by atoms with Gasteiger partial charge in [-0.1, -0.05) is 12.5 Å². The fourth-order valence-corrected chi connectivity index (χ4v) is 4.72. The molecule has 5 heteroatoms. The summed E-state index contributed by atoms with van der Waals surface area (Å²) in [6, 6.07) is 5.80. The summed E-state index contributed by atoms with van der Waals surface area (Å²) in [4.78, 5) is 34.1. The van der Waals surface area contributed by atoms with Crippen LogP contribution in [0.2, 0.25) is 0 Å². The fraction of sp³-hybridized carbons (Fsp3) is 0.667. The monoisotopic (exact) mass is 355 g/mol. The van der Waals surface area contributed by atoms with Gasteiger partial charge in [0.2, 0.25) is 11.8 Å². The Morgan fingerprint density at radius 2 is 2.08 bits per heavy atom. The van der Waals surface area contributed by atoms with Gasteiger partial charge in [0.1, 0.15) is 0 Å². The number of piperidine rings is 1. The first-order chi connectivity index (χ1) is 12.7. The minimum Gasteiger partial charge on any atom is -0.342 e. The molecule has 1 atom stereocenters. The Hall–Kier alpha value is -1.91. The maximum atomic E-state index is 13.2. The highest BCUT2D eigenvalue weighted by Crippen LogP contribution is 2.41. The van der Waals surface area contributed by atoms with Crippen LogP contribution in [0.3, 0.4) is 0 Å². The number of rotatable bonds is 5. The van der Waals surface area contributed by atoms with E-state index in [0.717, 1.165) is 44.6 Å². The minimum absolute atomic E-state index is 0.163. The van der Waals surface area contributed by atoms with E-state index in [9.17, 15) is 9.59 Å². The molecule has 1 aromatic rings. The molecular weight excluding hydrogens is 326 g/mol. The van der Waals surface area contributed by atoms with Crippen molar-refractivity contribution in [2.24, 2.45) is 11.3 Å². The van der Waals surface area contributed by atoms with Crippen LogP contribution in [0.15, 0.2) is 24.4 Å². The van der Waals surface area contributed by atoms with Crippen molar-refractivity contribution in [2.45, 2.75) is 51.4 Å². The molecule has 1 spiro atoms. The van der Waals surface area contributed by atoms with Crippen molar-refractivity contribution in [2.75, 3.05) is 26.2 Å². The summed E-state index contributed by atoms with van der Waals surface area (Å²) in [6.07, 6.45) is 9.63. The van der Waals surface area contributed by atoms with E-state index in [4.69, 9.17) is 0 Å². The molecular formula is C21H29N3O2. The van der Waals surface area contributed by atoms with Gasteiger partial charge in [0.15, 0.2) is 0 Å². The van der Waals surface area contributed by atoms with Crippen molar-refractivity contribution in [1.29, 1.82) is 0 Å². The molecule has 140 valence electrons. The normalized spacial score (nSPS) is 26.4. The lowest BCUT2D eigenvalue weighted by atomic mass is 9.77. The Balaban J connectivity index is 1.34. The highest BCUT2D eigenvalue weighted by molar-refractivity contribution is 5.86. The molecule has 1 aromatic heterocycles. The molecule has 26 heavy (non-hydrogen) atoms. The average Bonchev–Trinajstić information content (AvgIpc) is 3.06. The number of pyridine rings is 1. The Labute approximate surface area is 155 Å². The summed E-state index contributed by atoms with van der Waals surface area (Å²) in [6.45, 7) is 3.19. The lowest BCUT2D eigenvalue weighted by Crippen LogP contribution is -2.52. The highest BCUT2D eigenvalue weighted by atomic mass is 16.2. The van der Waals surface area contributed by atoms with Crippen molar-refractivity contribution in [1.82, 2.24) is 14.8 Å². The van der Waals surface area contributed by atoms with Gasteiger partial charge in [-0.2, -0.15) is 0 Å². The largest absolute Gasteiger partial charge is 0.342 e. The molecule has 3 heterocycles. The zero-order valence-electron chi connectivity index (χ0n) is 15.5. The first-order valence-corrected chi connectivity index (χ1v) is 10.1. The second-order valence-electron chi connectivity index (χ2n) is 8.32. The van der Waals surface area contributed by atoms with Crippen LogP contribution < -0.4 is 0 Å². The molecule has 4 rings (SSSR count). The summed E-state index contributed by atoms with van der Waals surface area (Å²) in [7, 11) is 0. The van der Waals surface area contributed by atoms with E-state index in [2.05, 4.69) is 9.88 Å². The third-order valence-corrected chi connectivity index (χ3v) is 6.56. The van der Waals surface area contributed by atoms with Crippen molar-refractivity contribution in [3.63, 3.8) is 0 Å². The first-order valence-electron chi connectivity index (χ1n) is 10.1. The van der Waals surface area contributed by atoms with Gasteiger partial charge in [0.25, 0.3) is 0 Å². The number of nitrogens with zero attached hydrogens (tertiary/aromatic N) is 3. The third-order valence-electron chi connectivity index (χ3n) is 6.56. The van der Waals surface area contributed by atoms with Gasteiger partial charge < -0.3 is 9.80 Å². The van der Waals surface area contributed by atoms with Crippen LogP contribution in [0, 0.1) is 11.3 Å². The van der Waals surface area contributed by atoms with Crippen molar-refractivity contribution in [3.05, 3.63) is 30.1 Å². The number of aryl methyl sites for hydroxylation is 1. The average molecular weight is 355 g/mol. The summed E-state index contributed by atoms with van der Waals surface area (Å²) in [5.41, 5.74) is 0.651. The van der Waals surface area contributed by atoms with E-state index in [-0.39, 0.29) is 11.3 Å². The maximum absolute atomic E-state index is 13.2. The molecule has 1 saturated carbocycles. The molecule has 0 N–H and O–H groups in total. The molecule has 1 unspecified atom stereocenters. The number of amides is 2. The predicted octanol–water partition coefficient (Wildman–Crippen LogP) is 2.66. The van der Waals surface area contributed by atoms with Crippen LogP contribution in [0.5, 0.6) is 0 Å². The summed E-state index contributed by atoms with van der Waals surface area (Å²) < 4.78 is 0. The Morgan fingerprint density at radius 1 is 1.19 bits per heavy atom. The minimum atomic E-state index is -0.303. The molecule has 5 nitrogen and oxygen atoms in total. The number of hydrogen-bond acceptors (Lipinski definition) is 3. The molecule has 1 aliphatic carbocycles. The smallest absolute Gasteiger partial charge is 0.230 e. The molecule has 3 fully saturated rings. The Morgan fingerprint density at radius 3 is 2.81 bits per heavy atom. The SMILES string of the molecule is O=C(CCc1ccccn1)N1CCC2(CCCN(CC3CCC3)C2=O)C1. The van der Waals surface area contributed by atoms with Crippen LogP contribution in [-0.4, -0.2) is 52.8 Å². The van der Waals surface area contributed by atoms with Gasteiger partial charge in [-0.25, -0.2) is 0 Å². The molecule has 2 amide bonds. The number of aromatic nitrogens is 1. The fourth-order valence-electron chi connectivity index (χ4n) is 4.72. The van der Waals surface area contributed by atoms with Crippen LogP contribution >= 0.6 is 0 Å². The Bertz CT molecular complexity index is 658. The molecule has 2 aliphatic heterocycles. The number of likely N-dealkylation sites (tertiary alicyclic amines) is 2. The second-order valence-corrected chi connectivity index (χ2v) is 8.32. The maximum Gasteiger partial charge on any atom is 0.230 e. The first kappa shape index (κ1) is 17.5. The standard InChI is InChI=1S/C21H29N3O2/c25-19(9-8-18-7-1-2-12-22-18)24-14-11-21(16-24)10-4-13-23(20(21)26)15-17-5-3-6-17/h1-2,7,12,17H,3-6,8-11,13-16H2. The molecule has 0 aromatic carbocycles. The lowest BCUT2D eigenvalue weighted by molar-refractivity contribution is -0.147. The van der Waals surface area contributed by atoms with Crippen molar-refractivity contribution >= 4 is 11.8 Å². The van der Waals surface area contributed by atoms with Crippen molar-refractivity contribution < 1.29 is 9.59 Å². The number of carbonyl (C=O) groups is 2. The quantitative estimate of drug-likeness (QED) is 0.816. The second kappa shape index (κ2) is 7.37. The van der Waals surface area contributed by atoms with Gasteiger partial charge in [0.05, 0.1) is 5.41 Å².